The number of pyridine rings is 1. The Kier molecular flexibility index (Phi) is 5.23. The number of nitrogens with one attached hydrogen (secondary N) is 1. The van der Waals surface area contributed by atoms with E-state index >= 15 is 0 Å². The van der Waals surface area contributed by atoms with Crippen LogP contribution in [-0.4, -0.2) is 18.1 Å². The number of unbranched alkanes of at least 4 members (excludes halogenated alkanes) is 1. The van der Waals surface area contributed by atoms with Crippen molar-refractivity contribution >= 4 is 0 Å². The predicted octanol–water partition coefficient (Wildman–Crippen LogP) is 2.40. The molecule has 0 aliphatic heterocycles. The summed E-state index contributed by atoms with van der Waals surface area (Å²) in [6.45, 7) is 2.23. The quantitative estimate of drug-likeness (QED) is 0.700. The summed E-state index contributed by atoms with van der Waals surface area (Å²) in [5.74, 6) is 0. The highest BCUT2D eigenvalue weighted by molar-refractivity contribution is 5.08. The maximum absolute atomic E-state index is 4.10. The van der Waals surface area contributed by atoms with E-state index in [1.165, 1.54) is 24.8 Å². The molecule has 0 aliphatic carbocycles. The molecule has 0 bridgehead atoms. The monoisotopic (exact) mass is 192 g/mol. The van der Waals surface area contributed by atoms with E-state index in [0.717, 1.165) is 6.42 Å². The van der Waals surface area contributed by atoms with Gasteiger partial charge in [-0.15, -0.1) is 0 Å². The summed E-state index contributed by atoms with van der Waals surface area (Å²) in [6, 6.07) is 4.80. The van der Waals surface area contributed by atoms with Gasteiger partial charge < -0.3 is 5.32 Å². The largest absolute Gasteiger partial charge is 0.317 e. The van der Waals surface area contributed by atoms with Crippen molar-refractivity contribution < 1.29 is 0 Å². The van der Waals surface area contributed by atoms with Gasteiger partial charge in [0.25, 0.3) is 0 Å². The molecule has 2 nitrogen and oxygen atoms in total. The average Bonchev–Trinajstić information content (AvgIpc) is 2.25. The lowest BCUT2D eigenvalue weighted by Crippen LogP contribution is -2.20. The van der Waals surface area contributed by atoms with E-state index in [2.05, 4.69) is 23.3 Å². The topological polar surface area (TPSA) is 24.9 Å². The first-order valence-corrected chi connectivity index (χ1v) is 5.39. The fraction of sp³-hybridized carbons (Fsp3) is 0.583. The molecule has 78 valence electrons. The number of rotatable bonds is 6. The second kappa shape index (κ2) is 6.55. The van der Waals surface area contributed by atoms with Crippen molar-refractivity contribution in [3.63, 3.8) is 0 Å². The van der Waals surface area contributed by atoms with E-state index in [0.29, 0.717) is 6.04 Å². The van der Waals surface area contributed by atoms with Gasteiger partial charge in [-0.05, 0) is 44.9 Å². The minimum atomic E-state index is 0.642. The van der Waals surface area contributed by atoms with Crippen molar-refractivity contribution in [2.24, 2.45) is 0 Å². The van der Waals surface area contributed by atoms with Crippen LogP contribution >= 0.6 is 0 Å². The van der Waals surface area contributed by atoms with Gasteiger partial charge in [-0.3, -0.25) is 4.98 Å². The minimum absolute atomic E-state index is 0.642. The zero-order valence-electron chi connectivity index (χ0n) is 9.16. The van der Waals surface area contributed by atoms with Crippen molar-refractivity contribution in [2.45, 2.75) is 38.6 Å². The summed E-state index contributed by atoms with van der Waals surface area (Å²) in [4.78, 5) is 4.10. The van der Waals surface area contributed by atoms with Gasteiger partial charge in [0.2, 0.25) is 0 Å². The highest BCUT2D eigenvalue weighted by Crippen LogP contribution is 2.06. The van der Waals surface area contributed by atoms with E-state index < -0.39 is 0 Å². The van der Waals surface area contributed by atoms with E-state index in [1.807, 2.05) is 25.5 Å². The molecule has 0 aromatic carbocycles. The minimum Gasteiger partial charge on any atom is -0.317 e. The number of aromatic nitrogens is 1. The lowest BCUT2D eigenvalue weighted by Gasteiger charge is -2.08. The zero-order chi connectivity index (χ0) is 10.2. The molecule has 0 radical (unpaired) electrons. The Balaban J connectivity index is 2.10. The number of aryl methyl sites for hydroxylation is 1. The summed E-state index contributed by atoms with van der Waals surface area (Å²) in [7, 11) is 2.02. The van der Waals surface area contributed by atoms with Gasteiger partial charge in [0.1, 0.15) is 0 Å². The normalized spacial score (nSPS) is 12.7. The summed E-state index contributed by atoms with van der Waals surface area (Å²) in [5.41, 5.74) is 1.35. The van der Waals surface area contributed by atoms with Crippen molar-refractivity contribution in [1.29, 1.82) is 0 Å². The Morgan fingerprint density at radius 1 is 1.43 bits per heavy atom. The van der Waals surface area contributed by atoms with Crippen LogP contribution in [0.15, 0.2) is 24.5 Å². The summed E-state index contributed by atoms with van der Waals surface area (Å²) >= 11 is 0. The lowest BCUT2D eigenvalue weighted by molar-refractivity contribution is 0.528. The first kappa shape index (κ1) is 11.2. The Hall–Kier alpha value is -0.890. The summed E-state index contributed by atoms with van der Waals surface area (Å²) in [6.07, 6.45) is 8.75. The standard InChI is InChI=1S/C12H20N2/c1-11(13-2)6-3-4-7-12-8-5-9-14-10-12/h5,8-11,13H,3-4,6-7H2,1-2H3. The Bertz CT molecular complexity index is 233. The highest BCUT2D eigenvalue weighted by Gasteiger charge is 1.97. The first-order chi connectivity index (χ1) is 6.83. The number of hydrogen-bond donors (Lipinski definition) is 1. The van der Waals surface area contributed by atoms with Crippen LogP contribution in [-0.2, 0) is 6.42 Å². The van der Waals surface area contributed by atoms with E-state index in [9.17, 15) is 0 Å². The SMILES string of the molecule is CNC(C)CCCCc1cccnc1. The van der Waals surface area contributed by atoms with Crippen molar-refractivity contribution in [1.82, 2.24) is 10.3 Å². The molecule has 1 atom stereocenters. The molecule has 1 aromatic rings. The third kappa shape index (κ3) is 4.38. The zero-order valence-corrected chi connectivity index (χ0v) is 9.16. The van der Waals surface area contributed by atoms with E-state index in [-0.39, 0.29) is 0 Å². The van der Waals surface area contributed by atoms with E-state index in [4.69, 9.17) is 0 Å². The fourth-order valence-corrected chi connectivity index (χ4v) is 1.47. The molecule has 1 aromatic heterocycles. The van der Waals surface area contributed by atoms with Crippen LogP contribution in [0.4, 0.5) is 0 Å². The molecule has 1 heterocycles. The molecule has 0 saturated heterocycles. The fourth-order valence-electron chi connectivity index (χ4n) is 1.47. The molecule has 0 amide bonds. The summed E-state index contributed by atoms with van der Waals surface area (Å²) in [5, 5.41) is 3.25. The van der Waals surface area contributed by atoms with Gasteiger partial charge >= 0.3 is 0 Å². The Labute approximate surface area is 86.8 Å². The molecule has 1 N–H and O–H groups in total. The Morgan fingerprint density at radius 2 is 2.29 bits per heavy atom. The molecular weight excluding hydrogens is 172 g/mol. The third-order valence-electron chi connectivity index (χ3n) is 2.57. The van der Waals surface area contributed by atoms with Gasteiger partial charge in [0.05, 0.1) is 0 Å². The van der Waals surface area contributed by atoms with Crippen LogP contribution in [0.5, 0.6) is 0 Å². The molecular formula is C12H20N2. The van der Waals surface area contributed by atoms with Crippen LogP contribution in [0, 0.1) is 0 Å². The molecule has 0 aliphatic rings. The first-order valence-electron chi connectivity index (χ1n) is 5.39. The number of hydrogen-bond acceptors (Lipinski definition) is 2. The van der Waals surface area contributed by atoms with Gasteiger partial charge in [0, 0.05) is 18.4 Å². The van der Waals surface area contributed by atoms with Gasteiger partial charge in [-0.1, -0.05) is 12.5 Å². The Morgan fingerprint density at radius 3 is 2.93 bits per heavy atom. The molecule has 0 fully saturated rings. The highest BCUT2D eigenvalue weighted by atomic mass is 14.8. The molecule has 1 rings (SSSR count). The van der Waals surface area contributed by atoms with E-state index in [1.54, 1.807) is 0 Å². The van der Waals surface area contributed by atoms with Gasteiger partial charge in [-0.2, -0.15) is 0 Å². The van der Waals surface area contributed by atoms with Crippen LogP contribution in [0.1, 0.15) is 31.7 Å². The smallest absolute Gasteiger partial charge is 0.0299 e. The van der Waals surface area contributed by atoms with Crippen molar-refractivity contribution in [3.8, 4) is 0 Å². The van der Waals surface area contributed by atoms with Crippen molar-refractivity contribution in [2.75, 3.05) is 7.05 Å². The molecule has 1 unspecified atom stereocenters. The molecule has 0 spiro atoms. The molecule has 14 heavy (non-hydrogen) atoms. The molecule has 0 saturated carbocycles. The summed E-state index contributed by atoms with van der Waals surface area (Å²) < 4.78 is 0. The van der Waals surface area contributed by atoms with Gasteiger partial charge in [0.15, 0.2) is 0 Å². The lowest BCUT2D eigenvalue weighted by atomic mass is 10.1. The van der Waals surface area contributed by atoms with Crippen LogP contribution in [0.2, 0.25) is 0 Å². The van der Waals surface area contributed by atoms with Gasteiger partial charge in [-0.25, -0.2) is 0 Å². The number of nitrogens with zero attached hydrogens (tertiary/aromatic N) is 1. The maximum Gasteiger partial charge on any atom is 0.0299 e. The second-order valence-corrected chi connectivity index (χ2v) is 3.80. The average molecular weight is 192 g/mol. The maximum atomic E-state index is 4.10. The predicted molar refractivity (Wildman–Crippen MR) is 60.3 cm³/mol. The third-order valence-corrected chi connectivity index (χ3v) is 2.57. The molecule has 2 heteroatoms. The van der Waals surface area contributed by atoms with Crippen LogP contribution < -0.4 is 5.32 Å². The van der Waals surface area contributed by atoms with Crippen molar-refractivity contribution in [3.05, 3.63) is 30.1 Å². The van der Waals surface area contributed by atoms with Crippen LogP contribution in [0.3, 0.4) is 0 Å². The van der Waals surface area contributed by atoms with Crippen LogP contribution in [0.25, 0.3) is 0 Å². The second-order valence-electron chi connectivity index (χ2n) is 3.80.